The van der Waals surface area contributed by atoms with Crippen LogP contribution in [0.2, 0.25) is 15.1 Å². The maximum atomic E-state index is 6.24. The minimum atomic E-state index is -0.0210. The molecule has 1 aromatic heterocycles. The highest BCUT2D eigenvalue weighted by atomic mass is 35.5. The summed E-state index contributed by atoms with van der Waals surface area (Å²) in [5.41, 5.74) is 1.79. The van der Waals surface area contributed by atoms with Gasteiger partial charge in [0.15, 0.2) is 0 Å². The number of rotatable bonds is 6. The van der Waals surface area contributed by atoms with Crippen LogP contribution in [-0.4, -0.2) is 23.5 Å². The lowest BCUT2D eigenvalue weighted by molar-refractivity contribution is 0.183. The summed E-state index contributed by atoms with van der Waals surface area (Å²) >= 11 is 18.2. The van der Waals surface area contributed by atoms with Crippen LogP contribution in [0.4, 0.5) is 5.69 Å². The van der Waals surface area contributed by atoms with E-state index in [2.05, 4.69) is 10.4 Å². The molecular weight excluding hydrogens is 333 g/mol. The summed E-state index contributed by atoms with van der Waals surface area (Å²) in [6, 6.07) is 3.59. The number of anilines is 1. The van der Waals surface area contributed by atoms with Crippen LogP contribution in [0.15, 0.2) is 24.5 Å². The van der Waals surface area contributed by atoms with E-state index >= 15 is 0 Å². The first kappa shape index (κ1) is 16.4. The number of hydrogen-bond acceptors (Lipinski definition) is 3. The summed E-state index contributed by atoms with van der Waals surface area (Å²) in [7, 11) is 1.66. The third kappa shape index (κ3) is 4.04. The normalized spacial score (nSPS) is 12.4. The van der Waals surface area contributed by atoms with E-state index in [9.17, 15) is 0 Å². The second-order valence-corrected chi connectivity index (χ2v) is 5.78. The monoisotopic (exact) mass is 347 g/mol. The highest BCUT2D eigenvalue weighted by molar-refractivity contribution is 6.48. The van der Waals surface area contributed by atoms with Crippen LogP contribution in [0.5, 0.6) is 0 Å². The first-order chi connectivity index (χ1) is 10.0. The molecule has 2 aromatic rings. The molecule has 0 amide bonds. The number of aromatic nitrogens is 2. The van der Waals surface area contributed by atoms with Crippen LogP contribution in [-0.2, 0) is 11.3 Å². The molecule has 7 heteroatoms. The van der Waals surface area contributed by atoms with E-state index in [4.69, 9.17) is 39.5 Å². The number of nitrogens with zero attached hydrogens (tertiary/aromatic N) is 2. The average molecular weight is 349 g/mol. The molecular formula is C14H16Cl3N3O. The molecule has 0 saturated heterocycles. The van der Waals surface area contributed by atoms with E-state index in [1.165, 1.54) is 0 Å². The van der Waals surface area contributed by atoms with Crippen molar-refractivity contribution in [1.29, 1.82) is 0 Å². The molecule has 0 saturated carbocycles. The van der Waals surface area contributed by atoms with E-state index < -0.39 is 0 Å². The molecule has 4 nitrogen and oxygen atoms in total. The van der Waals surface area contributed by atoms with Gasteiger partial charge in [-0.3, -0.25) is 4.68 Å². The fraction of sp³-hybridized carbons (Fsp3) is 0.357. The number of hydrogen-bond donors (Lipinski definition) is 1. The third-order valence-corrected chi connectivity index (χ3v) is 4.38. The summed E-state index contributed by atoms with van der Waals surface area (Å²) in [6.07, 6.45) is 3.68. The fourth-order valence-electron chi connectivity index (χ4n) is 1.95. The van der Waals surface area contributed by atoms with Crippen LogP contribution in [0.25, 0.3) is 0 Å². The zero-order valence-electron chi connectivity index (χ0n) is 11.7. The topological polar surface area (TPSA) is 39.1 Å². The molecule has 0 radical (unpaired) electrons. The molecule has 0 fully saturated rings. The van der Waals surface area contributed by atoms with Gasteiger partial charge in [-0.1, -0.05) is 40.9 Å². The molecule has 0 spiro atoms. The molecule has 1 atom stereocenters. The summed E-state index contributed by atoms with van der Waals surface area (Å²) in [5.74, 6) is 0. The van der Waals surface area contributed by atoms with Crippen molar-refractivity contribution in [3.8, 4) is 0 Å². The van der Waals surface area contributed by atoms with Gasteiger partial charge in [0.2, 0.25) is 0 Å². The molecule has 21 heavy (non-hydrogen) atoms. The van der Waals surface area contributed by atoms with E-state index in [0.717, 1.165) is 11.3 Å². The van der Waals surface area contributed by atoms with Gasteiger partial charge in [-0.2, -0.15) is 5.10 Å². The molecule has 1 unspecified atom stereocenters. The summed E-state index contributed by atoms with van der Waals surface area (Å²) in [6.45, 7) is 3.33. The number of nitrogens with one attached hydrogen (secondary N) is 1. The average Bonchev–Trinajstić information content (AvgIpc) is 2.90. The Kier molecular flexibility index (Phi) is 5.76. The van der Waals surface area contributed by atoms with Crippen molar-refractivity contribution in [2.24, 2.45) is 0 Å². The minimum absolute atomic E-state index is 0.0210. The Morgan fingerprint density at radius 2 is 2.05 bits per heavy atom. The Morgan fingerprint density at radius 3 is 2.76 bits per heavy atom. The van der Waals surface area contributed by atoms with Gasteiger partial charge in [0.05, 0.1) is 46.1 Å². The van der Waals surface area contributed by atoms with Crippen molar-refractivity contribution in [1.82, 2.24) is 9.78 Å². The molecule has 0 aliphatic rings. The van der Waals surface area contributed by atoms with E-state index in [1.807, 2.05) is 23.9 Å². The number of methoxy groups -OCH3 is 1. The Morgan fingerprint density at radius 1 is 1.29 bits per heavy atom. The van der Waals surface area contributed by atoms with Gasteiger partial charge >= 0.3 is 0 Å². The van der Waals surface area contributed by atoms with Crippen molar-refractivity contribution >= 4 is 40.5 Å². The van der Waals surface area contributed by atoms with Crippen molar-refractivity contribution < 1.29 is 4.74 Å². The zero-order chi connectivity index (χ0) is 15.4. The summed E-state index contributed by atoms with van der Waals surface area (Å²) < 4.78 is 6.83. The molecule has 0 bridgehead atoms. The lowest BCUT2D eigenvalue weighted by Gasteiger charge is -2.16. The van der Waals surface area contributed by atoms with Crippen molar-refractivity contribution in [2.45, 2.75) is 19.5 Å². The van der Waals surface area contributed by atoms with Crippen LogP contribution in [0.1, 0.15) is 18.5 Å². The van der Waals surface area contributed by atoms with Gasteiger partial charge in [-0.25, -0.2) is 0 Å². The standard InChI is InChI=1S/C14H16Cl3N3O/c1-9(11-3-4-12(15)14(17)13(11)16)19-10-7-18-20(8-10)5-6-21-2/h3-4,7-9,19H,5-6H2,1-2H3. The maximum absolute atomic E-state index is 6.24. The van der Waals surface area contributed by atoms with E-state index in [1.54, 1.807) is 19.4 Å². The first-order valence-corrected chi connectivity index (χ1v) is 7.57. The van der Waals surface area contributed by atoms with Gasteiger partial charge in [-0.15, -0.1) is 0 Å². The minimum Gasteiger partial charge on any atom is -0.383 e. The molecule has 0 aliphatic carbocycles. The second kappa shape index (κ2) is 7.36. The third-order valence-electron chi connectivity index (χ3n) is 3.07. The van der Waals surface area contributed by atoms with Gasteiger partial charge in [0.25, 0.3) is 0 Å². The Labute approximate surface area is 138 Å². The molecule has 1 N–H and O–H groups in total. The summed E-state index contributed by atoms with van der Waals surface area (Å²) in [5, 5.41) is 8.87. The van der Waals surface area contributed by atoms with Crippen LogP contribution in [0.3, 0.4) is 0 Å². The number of benzene rings is 1. The Balaban J connectivity index is 2.09. The molecule has 1 heterocycles. The predicted octanol–water partition coefficient (Wildman–Crippen LogP) is 4.66. The van der Waals surface area contributed by atoms with Gasteiger partial charge in [0, 0.05) is 13.3 Å². The second-order valence-electron chi connectivity index (χ2n) is 4.62. The van der Waals surface area contributed by atoms with Crippen LogP contribution >= 0.6 is 34.8 Å². The van der Waals surface area contributed by atoms with E-state index in [-0.39, 0.29) is 6.04 Å². The fourth-order valence-corrected chi connectivity index (χ4v) is 2.65. The van der Waals surface area contributed by atoms with Crippen molar-refractivity contribution in [2.75, 3.05) is 19.0 Å². The largest absolute Gasteiger partial charge is 0.383 e. The smallest absolute Gasteiger partial charge is 0.0782 e. The molecule has 0 aliphatic heterocycles. The lowest BCUT2D eigenvalue weighted by Crippen LogP contribution is -2.07. The van der Waals surface area contributed by atoms with Gasteiger partial charge in [-0.05, 0) is 18.6 Å². The molecule has 114 valence electrons. The van der Waals surface area contributed by atoms with Crippen LogP contribution < -0.4 is 5.32 Å². The van der Waals surface area contributed by atoms with E-state index in [0.29, 0.717) is 28.2 Å². The quantitative estimate of drug-likeness (QED) is 0.771. The lowest BCUT2D eigenvalue weighted by atomic mass is 10.1. The highest BCUT2D eigenvalue weighted by Crippen LogP contribution is 2.36. The Hall–Kier alpha value is -0.940. The molecule has 2 rings (SSSR count). The van der Waals surface area contributed by atoms with Gasteiger partial charge < -0.3 is 10.1 Å². The first-order valence-electron chi connectivity index (χ1n) is 6.44. The molecule has 1 aromatic carbocycles. The predicted molar refractivity (Wildman–Crippen MR) is 87.6 cm³/mol. The van der Waals surface area contributed by atoms with Crippen molar-refractivity contribution in [3.05, 3.63) is 45.2 Å². The highest BCUT2D eigenvalue weighted by Gasteiger charge is 2.14. The number of halogens is 3. The van der Waals surface area contributed by atoms with Gasteiger partial charge in [0.1, 0.15) is 0 Å². The van der Waals surface area contributed by atoms with Crippen LogP contribution in [0, 0.1) is 0 Å². The summed E-state index contributed by atoms with van der Waals surface area (Å²) in [4.78, 5) is 0. The van der Waals surface area contributed by atoms with Crippen molar-refractivity contribution in [3.63, 3.8) is 0 Å². The maximum Gasteiger partial charge on any atom is 0.0782 e. The SMILES string of the molecule is COCCn1cc(NC(C)c2ccc(Cl)c(Cl)c2Cl)cn1. The number of ether oxygens (including phenoxy) is 1. The Bertz CT molecular complexity index is 616. The zero-order valence-corrected chi connectivity index (χ0v) is 14.0.